The van der Waals surface area contributed by atoms with E-state index in [1.54, 1.807) is 18.7 Å². The number of nitrogens with zero attached hydrogens (tertiary/aromatic N) is 2. The molecule has 1 aromatic rings. The Morgan fingerprint density at radius 3 is 2.57 bits per heavy atom. The van der Waals surface area contributed by atoms with Gasteiger partial charge in [-0.3, -0.25) is 9.59 Å². The molecule has 2 aliphatic rings. The summed E-state index contributed by atoms with van der Waals surface area (Å²) in [6.07, 6.45) is 1.75. The highest BCUT2D eigenvalue weighted by Gasteiger charge is 2.41. The minimum Gasteiger partial charge on any atom is -0.466 e. The standard InChI is InChI=1S/C20H28N2O5S/c1-3-27-20(24)17-10-7-11-21(13-17)19(23)18-12-15-8-5-6-9-16(15)14-22(18)28(25,26)4-2/h5-6,8-9,17-18H,3-4,7,10-14H2,1-2H3/t17-,18-/m1/s1. The lowest BCUT2D eigenvalue weighted by Crippen LogP contribution is -2.56. The maximum atomic E-state index is 13.3. The number of likely N-dealkylation sites (tertiary alicyclic amines) is 1. The predicted molar refractivity (Wildman–Crippen MR) is 105 cm³/mol. The number of piperidine rings is 1. The summed E-state index contributed by atoms with van der Waals surface area (Å²) in [4.78, 5) is 27.1. The van der Waals surface area contributed by atoms with Crippen molar-refractivity contribution in [3.05, 3.63) is 35.4 Å². The predicted octanol–water partition coefficient (Wildman–Crippen LogP) is 1.56. The molecule has 2 atom stereocenters. The molecule has 0 bridgehead atoms. The van der Waals surface area contributed by atoms with Gasteiger partial charge in [0.05, 0.1) is 18.3 Å². The summed E-state index contributed by atoms with van der Waals surface area (Å²) in [6.45, 7) is 4.69. The largest absolute Gasteiger partial charge is 0.466 e. The quantitative estimate of drug-likeness (QED) is 0.691. The van der Waals surface area contributed by atoms with E-state index in [2.05, 4.69) is 0 Å². The molecule has 1 fully saturated rings. The molecular formula is C20H28N2O5S. The van der Waals surface area contributed by atoms with Crippen molar-refractivity contribution >= 4 is 21.9 Å². The molecular weight excluding hydrogens is 380 g/mol. The Kier molecular flexibility index (Phi) is 6.40. The molecule has 154 valence electrons. The van der Waals surface area contributed by atoms with Crippen LogP contribution < -0.4 is 0 Å². The second-order valence-electron chi connectivity index (χ2n) is 7.31. The maximum Gasteiger partial charge on any atom is 0.310 e. The van der Waals surface area contributed by atoms with E-state index in [0.717, 1.165) is 11.1 Å². The van der Waals surface area contributed by atoms with Gasteiger partial charge in [0.2, 0.25) is 15.9 Å². The van der Waals surface area contributed by atoms with Crippen LogP contribution in [-0.2, 0) is 37.3 Å². The molecule has 3 rings (SSSR count). The third kappa shape index (κ3) is 4.22. The van der Waals surface area contributed by atoms with Crippen LogP contribution in [0.25, 0.3) is 0 Å². The maximum absolute atomic E-state index is 13.3. The number of carbonyl (C=O) groups excluding carboxylic acids is 2. The summed E-state index contributed by atoms with van der Waals surface area (Å²) in [6, 6.07) is 6.88. The van der Waals surface area contributed by atoms with Gasteiger partial charge in [0, 0.05) is 19.6 Å². The third-order valence-corrected chi connectivity index (χ3v) is 7.39. The fourth-order valence-corrected chi connectivity index (χ4v) is 5.23. The number of hydrogen-bond donors (Lipinski definition) is 0. The van der Waals surface area contributed by atoms with Crippen molar-refractivity contribution in [2.45, 2.75) is 45.7 Å². The van der Waals surface area contributed by atoms with Crippen LogP contribution in [-0.4, -0.2) is 61.0 Å². The topological polar surface area (TPSA) is 84.0 Å². The molecule has 2 aliphatic heterocycles. The number of hydrogen-bond acceptors (Lipinski definition) is 5. The van der Waals surface area contributed by atoms with E-state index < -0.39 is 16.1 Å². The Bertz CT molecular complexity index is 839. The zero-order valence-corrected chi connectivity index (χ0v) is 17.3. The van der Waals surface area contributed by atoms with Crippen LogP contribution in [0.4, 0.5) is 0 Å². The van der Waals surface area contributed by atoms with Crippen molar-refractivity contribution in [1.82, 2.24) is 9.21 Å². The van der Waals surface area contributed by atoms with Crippen LogP contribution in [0.2, 0.25) is 0 Å². The van der Waals surface area contributed by atoms with Crippen molar-refractivity contribution in [3.8, 4) is 0 Å². The minimum atomic E-state index is -3.54. The molecule has 8 heteroatoms. The number of carbonyl (C=O) groups is 2. The first kappa shape index (κ1) is 20.8. The smallest absolute Gasteiger partial charge is 0.310 e. The van der Waals surface area contributed by atoms with Crippen molar-refractivity contribution in [2.75, 3.05) is 25.4 Å². The number of amides is 1. The van der Waals surface area contributed by atoms with Crippen molar-refractivity contribution in [1.29, 1.82) is 0 Å². The third-order valence-electron chi connectivity index (χ3n) is 5.57. The number of benzene rings is 1. The highest BCUT2D eigenvalue weighted by Crippen LogP contribution is 2.28. The molecule has 0 N–H and O–H groups in total. The van der Waals surface area contributed by atoms with E-state index in [4.69, 9.17) is 4.74 Å². The summed E-state index contributed by atoms with van der Waals surface area (Å²) in [5.74, 6) is -0.901. The molecule has 0 spiro atoms. The van der Waals surface area contributed by atoms with Crippen molar-refractivity contribution in [2.24, 2.45) is 5.92 Å². The molecule has 0 saturated carbocycles. The Labute approximate surface area is 166 Å². The van der Waals surface area contributed by atoms with Crippen molar-refractivity contribution in [3.63, 3.8) is 0 Å². The first-order chi connectivity index (χ1) is 13.4. The lowest BCUT2D eigenvalue weighted by Gasteiger charge is -2.39. The monoisotopic (exact) mass is 408 g/mol. The summed E-state index contributed by atoms with van der Waals surface area (Å²) in [5, 5.41) is 0. The Morgan fingerprint density at radius 1 is 1.18 bits per heavy atom. The molecule has 0 aromatic heterocycles. The Hall–Kier alpha value is -1.93. The zero-order chi connectivity index (χ0) is 20.3. The average molecular weight is 409 g/mol. The van der Waals surface area contributed by atoms with Crippen LogP contribution >= 0.6 is 0 Å². The molecule has 28 heavy (non-hydrogen) atoms. The first-order valence-corrected chi connectivity index (χ1v) is 11.5. The number of esters is 1. The van der Waals surface area contributed by atoms with Gasteiger partial charge in [-0.1, -0.05) is 24.3 Å². The second kappa shape index (κ2) is 8.61. The molecule has 1 amide bonds. The lowest BCUT2D eigenvalue weighted by molar-refractivity contribution is -0.152. The fraction of sp³-hybridized carbons (Fsp3) is 0.600. The molecule has 0 aliphatic carbocycles. The molecule has 7 nitrogen and oxygen atoms in total. The van der Waals surface area contributed by atoms with Gasteiger partial charge in [-0.05, 0) is 44.2 Å². The molecule has 0 radical (unpaired) electrons. The van der Waals surface area contributed by atoms with Crippen LogP contribution in [0, 0.1) is 5.92 Å². The molecule has 1 saturated heterocycles. The van der Waals surface area contributed by atoms with E-state index >= 15 is 0 Å². The zero-order valence-electron chi connectivity index (χ0n) is 16.5. The van der Waals surface area contributed by atoms with Gasteiger partial charge < -0.3 is 9.64 Å². The van der Waals surface area contributed by atoms with Gasteiger partial charge >= 0.3 is 5.97 Å². The molecule has 2 heterocycles. The minimum absolute atomic E-state index is 0.0512. The average Bonchev–Trinajstić information content (AvgIpc) is 2.72. The fourth-order valence-electron chi connectivity index (χ4n) is 4.01. The van der Waals surface area contributed by atoms with Gasteiger partial charge in [-0.2, -0.15) is 4.31 Å². The SMILES string of the molecule is CCOC(=O)[C@@H]1CCCN(C(=O)[C@H]2Cc3ccccc3CN2S(=O)(=O)CC)C1. The number of rotatable bonds is 5. The molecule has 1 aromatic carbocycles. The van der Waals surface area contributed by atoms with E-state index in [9.17, 15) is 18.0 Å². The highest BCUT2D eigenvalue weighted by atomic mass is 32.2. The van der Waals surface area contributed by atoms with E-state index in [1.165, 1.54) is 4.31 Å². The summed E-state index contributed by atoms with van der Waals surface area (Å²) >= 11 is 0. The summed E-state index contributed by atoms with van der Waals surface area (Å²) in [7, 11) is -3.54. The normalized spacial score (nSPS) is 23.1. The number of ether oxygens (including phenoxy) is 1. The van der Waals surface area contributed by atoms with Gasteiger partial charge in [0.15, 0.2) is 0 Å². The first-order valence-electron chi connectivity index (χ1n) is 9.89. The van der Waals surface area contributed by atoms with Crippen LogP contribution in [0.3, 0.4) is 0 Å². The van der Waals surface area contributed by atoms with E-state index in [0.29, 0.717) is 32.4 Å². The van der Waals surface area contributed by atoms with Crippen molar-refractivity contribution < 1.29 is 22.7 Å². The van der Waals surface area contributed by atoms with Gasteiger partial charge in [-0.25, -0.2) is 8.42 Å². The van der Waals surface area contributed by atoms with E-state index in [-0.39, 0.29) is 36.6 Å². The van der Waals surface area contributed by atoms with Gasteiger partial charge in [-0.15, -0.1) is 0 Å². The summed E-state index contributed by atoms with van der Waals surface area (Å²) in [5.41, 5.74) is 1.94. The Morgan fingerprint density at radius 2 is 1.89 bits per heavy atom. The molecule has 0 unspecified atom stereocenters. The van der Waals surface area contributed by atoms with Crippen LogP contribution in [0.1, 0.15) is 37.8 Å². The Balaban J connectivity index is 1.84. The van der Waals surface area contributed by atoms with Crippen LogP contribution in [0.15, 0.2) is 24.3 Å². The van der Waals surface area contributed by atoms with E-state index in [1.807, 2.05) is 24.3 Å². The van der Waals surface area contributed by atoms with Crippen LogP contribution in [0.5, 0.6) is 0 Å². The number of sulfonamides is 1. The second-order valence-corrected chi connectivity index (χ2v) is 9.52. The van der Waals surface area contributed by atoms with Gasteiger partial charge in [0.25, 0.3) is 0 Å². The summed E-state index contributed by atoms with van der Waals surface area (Å²) < 4.78 is 31.9. The lowest BCUT2D eigenvalue weighted by atomic mass is 9.93. The highest BCUT2D eigenvalue weighted by molar-refractivity contribution is 7.89. The number of fused-ring (bicyclic) bond motifs is 1. The van der Waals surface area contributed by atoms with Gasteiger partial charge in [0.1, 0.15) is 6.04 Å².